The molecule has 6 nitrogen and oxygen atoms in total. The summed E-state index contributed by atoms with van der Waals surface area (Å²) in [6.45, 7) is 8.18. The van der Waals surface area contributed by atoms with Gasteiger partial charge in [-0.25, -0.2) is 4.98 Å². The number of nitrogens with zero attached hydrogens (tertiary/aromatic N) is 3. The lowest BCUT2D eigenvalue weighted by molar-refractivity contribution is -0.117. The van der Waals surface area contributed by atoms with Gasteiger partial charge in [-0.05, 0) is 80.6 Å². The molecule has 0 saturated carbocycles. The van der Waals surface area contributed by atoms with Gasteiger partial charge in [0.05, 0.1) is 16.8 Å². The van der Waals surface area contributed by atoms with Gasteiger partial charge in [-0.3, -0.25) is 9.69 Å². The number of carbonyl (C=O) groups is 1. The molecular weight excluding hydrogens is 495 g/mol. The summed E-state index contributed by atoms with van der Waals surface area (Å²) in [5.41, 5.74) is 1.16. The van der Waals surface area contributed by atoms with Gasteiger partial charge in [-0.1, -0.05) is 55.6 Å². The van der Waals surface area contributed by atoms with Crippen molar-refractivity contribution < 1.29 is 9.53 Å². The van der Waals surface area contributed by atoms with Crippen molar-refractivity contribution in [3.63, 3.8) is 0 Å². The summed E-state index contributed by atoms with van der Waals surface area (Å²) in [6.07, 6.45) is 6.89. The maximum absolute atomic E-state index is 13.0. The Morgan fingerprint density at radius 3 is 2.53 bits per heavy atom. The maximum Gasteiger partial charge on any atom is 0.262 e. The maximum atomic E-state index is 13.0. The summed E-state index contributed by atoms with van der Waals surface area (Å²) in [7, 11) is 0. The van der Waals surface area contributed by atoms with E-state index in [4.69, 9.17) is 27.9 Å². The molecule has 192 valence electrons. The van der Waals surface area contributed by atoms with Gasteiger partial charge in [0.1, 0.15) is 29.2 Å². The molecule has 1 N–H and O–H groups in total. The average Bonchev–Trinajstić information content (AvgIpc) is 2.88. The minimum absolute atomic E-state index is 0.0844. The van der Waals surface area contributed by atoms with E-state index in [9.17, 15) is 10.1 Å². The Labute approximate surface area is 224 Å². The zero-order valence-corrected chi connectivity index (χ0v) is 22.5. The van der Waals surface area contributed by atoms with Gasteiger partial charge in [0.2, 0.25) is 0 Å². The lowest BCUT2D eigenvalue weighted by Crippen LogP contribution is -2.33. The topological polar surface area (TPSA) is 78.2 Å². The summed E-state index contributed by atoms with van der Waals surface area (Å²) in [4.78, 5) is 19.6. The molecule has 1 aromatic heterocycles. The van der Waals surface area contributed by atoms with Gasteiger partial charge in [0.25, 0.3) is 5.91 Å². The van der Waals surface area contributed by atoms with E-state index >= 15 is 0 Å². The van der Waals surface area contributed by atoms with E-state index in [1.165, 1.54) is 25.3 Å². The molecular formula is C28H34Cl2N4O2. The van der Waals surface area contributed by atoms with Crippen molar-refractivity contribution in [3.05, 3.63) is 63.4 Å². The molecule has 1 aliphatic rings. The van der Waals surface area contributed by atoms with Crippen molar-refractivity contribution in [1.29, 1.82) is 5.26 Å². The summed E-state index contributed by atoms with van der Waals surface area (Å²) in [6, 6.07) is 12.7. The number of amides is 1. The van der Waals surface area contributed by atoms with Gasteiger partial charge in [0.15, 0.2) is 0 Å². The third-order valence-electron chi connectivity index (χ3n) is 6.23. The van der Waals surface area contributed by atoms with Crippen molar-refractivity contribution in [2.24, 2.45) is 5.92 Å². The van der Waals surface area contributed by atoms with Crippen LogP contribution >= 0.6 is 23.2 Å². The van der Waals surface area contributed by atoms with E-state index < -0.39 is 5.91 Å². The van der Waals surface area contributed by atoms with E-state index in [1.54, 1.807) is 12.1 Å². The number of carbonyl (C=O) groups excluding carboxylic acids is 1. The SMILES string of the molecule is CC(C)CCC(NC(=O)/C(C#N)=C/c1nc(Cl)ccc1Cl)c1ccc(OCCN2CCCCC2)cc1. The summed E-state index contributed by atoms with van der Waals surface area (Å²) in [5, 5.41) is 13.2. The van der Waals surface area contributed by atoms with Crippen LogP contribution in [0.3, 0.4) is 0 Å². The van der Waals surface area contributed by atoms with Crippen LogP contribution in [0.2, 0.25) is 10.2 Å². The van der Waals surface area contributed by atoms with Gasteiger partial charge in [0, 0.05) is 6.54 Å². The van der Waals surface area contributed by atoms with Crippen molar-refractivity contribution >= 4 is 35.2 Å². The second kappa shape index (κ2) is 14.2. The largest absolute Gasteiger partial charge is 0.492 e. The predicted molar refractivity (Wildman–Crippen MR) is 145 cm³/mol. The molecule has 1 atom stereocenters. The number of likely N-dealkylation sites (tertiary alicyclic amines) is 1. The quantitative estimate of drug-likeness (QED) is 0.206. The number of ether oxygens (including phenoxy) is 1. The first-order valence-corrected chi connectivity index (χ1v) is 13.3. The van der Waals surface area contributed by atoms with E-state index in [0.29, 0.717) is 17.5 Å². The van der Waals surface area contributed by atoms with E-state index in [1.807, 2.05) is 30.3 Å². The lowest BCUT2D eigenvalue weighted by Gasteiger charge is -2.26. The second-order valence-electron chi connectivity index (χ2n) is 9.49. The van der Waals surface area contributed by atoms with Crippen molar-refractivity contribution in [2.45, 2.75) is 52.0 Å². The number of hydrogen-bond acceptors (Lipinski definition) is 5. The minimum Gasteiger partial charge on any atom is -0.492 e. The van der Waals surface area contributed by atoms with E-state index in [2.05, 4.69) is 29.0 Å². The molecule has 1 fully saturated rings. The Balaban J connectivity index is 1.67. The fourth-order valence-corrected chi connectivity index (χ4v) is 4.46. The molecule has 36 heavy (non-hydrogen) atoms. The van der Waals surface area contributed by atoms with Crippen LogP contribution in [0.1, 0.15) is 63.3 Å². The third-order valence-corrected chi connectivity index (χ3v) is 6.76. The van der Waals surface area contributed by atoms with Gasteiger partial charge in [-0.2, -0.15) is 5.26 Å². The number of hydrogen-bond donors (Lipinski definition) is 1. The van der Waals surface area contributed by atoms with Crippen LogP contribution in [-0.4, -0.2) is 42.0 Å². The Morgan fingerprint density at radius 1 is 1.14 bits per heavy atom. The molecule has 8 heteroatoms. The Hall–Kier alpha value is -2.59. The van der Waals surface area contributed by atoms with E-state index in [0.717, 1.165) is 43.8 Å². The zero-order valence-electron chi connectivity index (χ0n) is 21.0. The second-order valence-corrected chi connectivity index (χ2v) is 10.3. The standard InChI is InChI=1S/C28H34Cl2N4O2/c1-20(2)6-12-25(33-28(35)22(19-31)18-26-24(29)11-13-27(30)32-26)21-7-9-23(10-8-21)36-17-16-34-14-4-3-5-15-34/h7-11,13,18,20,25H,3-6,12,14-17H2,1-2H3,(H,33,35)/b22-18+. The molecule has 1 unspecified atom stereocenters. The summed E-state index contributed by atoms with van der Waals surface area (Å²) < 4.78 is 5.95. The first kappa shape index (κ1) is 28.0. The highest BCUT2D eigenvalue weighted by molar-refractivity contribution is 6.33. The molecule has 2 heterocycles. The van der Waals surface area contributed by atoms with Crippen molar-refractivity contribution in [3.8, 4) is 11.8 Å². The van der Waals surface area contributed by atoms with Crippen LogP contribution in [0.4, 0.5) is 0 Å². The smallest absolute Gasteiger partial charge is 0.262 e. The minimum atomic E-state index is -0.481. The first-order valence-electron chi connectivity index (χ1n) is 12.6. The molecule has 0 bridgehead atoms. The number of aromatic nitrogens is 1. The molecule has 1 aromatic carbocycles. The number of piperidine rings is 1. The number of rotatable bonds is 11. The molecule has 1 saturated heterocycles. The number of nitrogens with one attached hydrogen (secondary N) is 1. The fourth-order valence-electron chi connectivity index (χ4n) is 4.15. The molecule has 1 amide bonds. The molecule has 0 radical (unpaired) electrons. The summed E-state index contributed by atoms with van der Waals surface area (Å²) in [5.74, 6) is 0.803. The molecule has 0 aliphatic carbocycles. The van der Waals surface area contributed by atoms with Crippen LogP contribution in [0, 0.1) is 17.2 Å². The van der Waals surface area contributed by atoms with Crippen LogP contribution < -0.4 is 10.1 Å². The van der Waals surface area contributed by atoms with Gasteiger partial charge < -0.3 is 10.1 Å². The van der Waals surface area contributed by atoms with Crippen molar-refractivity contribution in [2.75, 3.05) is 26.2 Å². The van der Waals surface area contributed by atoms with Gasteiger partial charge in [-0.15, -0.1) is 0 Å². The highest BCUT2D eigenvalue weighted by Gasteiger charge is 2.19. The molecule has 3 rings (SSSR count). The highest BCUT2D eigenvalue weighted by Crippen LogP contribution is 2.25. The fraction of sp³-hybridized carbons (Fsp3) is 0.464. The zero-order chi connectivity index (χ0) is 25.9. The van der Waals surface area contributed by atoms with Gasteiger partial charge >= 0.3 is 0 Å². The first-order chi connectivity index (χ1) is 17.4. The Kier molecular flexibility index (Phi) is 11.1. The van der Waals surface area contributed by atoms with Crippen LogP contribution in [0.15, 0.2) is 42.0 Å². The van der Waals surface area contributed by atoms with Crippen LogP contribution in [-0.2, 0) is 4.79 Å². The predicted octanol–water partition coefficient (Wildman–Crippen LogP) is 6.45. The molecule has 2 aromatic rings. The van der Waals surface area contributed by atoms with E-state index in [-0.39, 0.29) is 22.5 Å². The Morgan fingerprint density at radius 2 is 1.86 bits per heavy atom. The molecule has 0 spiro atoms. The Bertz CT molecular complexity index is 1070. The van der Waals surface area contributed by atoms with Crippen molar-refractivity contribution in [1.82, 2.24) is 15.2 Å². The number of nitriles is 1. The number of halogens is 2. The number of benzene rings is 1. The lowest BCUT2D eigenvalue weighted by atomic mass is 9.97. The normalized spacial score (nSPS) is 15.4. The monoisotopic (exact) mass is 528 g/mol. The summed E-state index contributed by atoms with van der Waals surface area (Å²) >= 11 is 12.1. The highest BCUT2D eigenvalue weighted by atomic mass is 35.5. The third kappa shape index (κ3) is 8.81. The molecule has 1 aliphatic heterocycles. The van der Waals surface area contributed by atoms with Crippen LogP contribution in [0.5, 0.6) is 5.75 Å². The number of pyridine rings is 1. The average molecular weight is 530 g/mol. The van der Waals surface area contributed by atoms with Crippen LogP contribution in [0.25, 0.3) is 6.08 Å².